The summed E-state index contributed by atoms with van der Waals surface area (Å²) in [5.74, 6) is -0.395. The van der Waals surface area contributed by atoms with E-state index in [-0.39, 0.29) is 0 Å². The summed E-state index contributed by atoms with van der Waals surface area (Å²) < 4.78 is 4.70. The van der Waals surface area contributed by atoms with Crippen molar-refractivity contribution < 1.29 is 9.53 Å². The Morgan fingerprint density at radius 1 is 1.47 bits per heavy atom. The van der Waals surface area contributed by atoms with Crippen LogP contribution in [-0.4, -0.2) is 18.1 Å². The Bertz CT molecular complexity index is 572. The molecule has 0 radical (unpaired) electrons. The van der Waals surface area contributed by atoms with Crippen LogP contribution in [0.25, 0.3) is 10.6 Å². The largest absolute Gasteiger partial charge is 0.465 e. The number of hydrogen-bond donors (Lipinski definition) is 1. The topological polar surface area (TPSA) is 65.2 Å². The molecule has 6 heteroatoms. The molecule has 2 heterocycles. The normalized spacial score (nSPS) is 10.5. The van der Waals surface area contributed by atoms with Gasteiger partial charge in [0.05, 0.1) is 28.4 Å². The Morgan fingerprint density at radius 3 is 2.71 bits per heavy atom. The van der Waals surface area contributed by atoms with Gasteiger partial charge in [0.1, 0.15) is 4.88 Å². The Labute approximate surface area is 107 Å². The Kier molecular flexibility index (Phi) is 3.17. The van der Waals surface area contributed by atoms with E-state index in [0.29, 0.717) is 10.6 Å². The van der Waals surface area contributed by atoms with E-state index in [1.54, 1.807) is 11.3 Å². The number of nitrogens with zero attached hydrogens (tertiary/aromatic N) is 1. The average molecular weight is 268 g/mol. The van der Waals surface area contributed by atoms with Gasteiger partial charge < -0.3 is 10.5 Å². The minimum atomic E-state index is -0.395. The summed E-state index contributed by atoms with van der Waals surface area (Å²) in [5.41, 5.74) is 8.16. The first-order valence-electron chi connectivity index (χ1n) is 4.94. The summed E-state index contributed by atoms with van der Waals surface area (Å²) >= 11 is 2.91. The number of carbonyl (C=O) groups is 1. The van der Waals surface area contributed by atoms with Gasteiger partial charge in [-0.1, -0.05) is 0 Å². The maximum absolute atomic E-state index is 11.5. The van der Waals surface area contributed by atoms with E-state index in [1.807, 2.05) is 19.2 Å². The number of methoxy groups -OCH3 is 1. The second-order valence-corrected chi connectivity index (χ2v) is 5.63. The van der Waals surface area contributed by atoms with E-state index < -0.39 is 5.97 Å². The van der Waals surface area contributed by atoms with Crippen LogP contribution in [0.5, 0.6) is 0 Å². The highest BCUT2D eigenvalue weighted by Crippen LogP contribution is 2.38. The smallest absolute Gasteiger partial charge is 0.350 e. The lowest BCUT2D eigenvalue weighted by molar-refractivity contribution is 0.0607. The minimum Gasteiger partial charge on any atom is -0.465 e. The number of carbonyl (C=O) groups excluding carboxylic acids is 1. The summed E-state index contributed by atoms with van der Waals surface area (Å²) in [6, 6.07) is 0. The molecule has 4 nitrogen and oxygen atoms in total. The molecule has 0 aliphatic carbocycles. The Hall–Kier alpha value is -1.40. The summed E-state index contributed by atoms with van der Waals surface area (Å²) in [6.45, 7) is 3.84. The SMILES string of the molecule is COC(=O)c1sc(-c2csc(C)n2)c(C)c1N. The second-order valence-electron chi connectivity index (χ2n) is 3.54. The lowest BCUT2D eigenvalue weighted by atomic mass is 10.2. The van der Waals surface area contributed by atoms with Gasteiger partial charge in [0, 0.05) is 5.38 Å². The van der Waals surface area contributed by atoms with Crippen molar-refractivity contribution in [3.8, 4) is 10.6 Å². The molecule has 0 saturated carbocycles. The molecular weight excluding hydrogens is 256 g/mol. The van der Waals surface area contributed by atoms with Crippen molar-refractivity contribution in [1.29, 1.82) is 0 Å². The first-order valence-corrected chi connectivity index (χ1v) is 6.64. The van der Waals surface area contributed by atoms with Gasteiger partial charge in [-0.3, -0.25) is 0 Å². The molecule has 90 valence electrons. The number of anilines is 1. The molecule has 0 fully saturated rings. The molecule has 0 atom stereocenters. The fraction of sp³-hybridized carbons (Fsp3) is 0.273. The van der Waals surface area contributed by atoms with Gasteiger partial charge in [-0.15, -0.1) is 22.7 Å². The number of rotatable bonds is 2. The summed E-state index contributed by atoms with van der Waals surface area (Å²) in [7, 11) is 1.35. The zero-order valence-corrected chi connectivity index (χ0v) is 11.4. The summed E-state index contributed by atoms with van der Waals surface area (Å²) in [4.78, 5) is 17.3. The van der Waals surface area contributed by atoms with E-state index >= 15 is 0 Å². The zero-order valence-electron chi connectivity index (χ0n) is 9.73. The van der Waals surface area contributed by atoms with E-state index in [2.05, 4.69) is 4.98 Å². The van der Waals surface area contributed by atoms with Gasteiger partial charge in [0.25, 0.3) is 0 Å². The number of nitrogen functional groups attached to an aromatic ring is 1. The summed E-state index contributed by atoms with van der Waals surface area (Å²) in [6.07, 6.45) is 0. The van der Waals surface area contributed by atoms with Crippen molar-refractivity contribution in [2.24, 2.45) is 0 Å². The van der Waals surface area contributed by atoms with Crippen molar-refractivity contribution in [3.63, 3.8) is 0 Å². The van der Waals surface area contributed by atoms with Crippen LogP contribution in [0.1, 0.15) is 20.2 Å². The monoisotopic (exact) mass is 268 g/mol. The van der Waals surface area contributed by atoms with Crippen molar-refractivity contribution >= 4 is 34.3 Å². The van der Waals surface area contributed by atoms with Crippen molar-refractivity contribution in [3.05, 3.63) is 20.8 Å². The Balaban J connectivity index is 2.53. The third kappa shape index (κ3) is 2.05. The number of ether oxygens (including phenoxy) is 1. The van der Waals surface area contributed by atoms with E-state index in [9.17, 15) is 4.79 Å². The van der Waals surface area contributed by atoms with Gasteiger partial charge in [-0.25, -0.2) is 9.78 Å². The molecule has 2 aromatic heterocycles. The third-order valence-electron chi connectivity index (χ3n) is 2.42. The lowest BCUT2D eigenvalue weighted by Crippen LogP contribution is -2.01. The number of hydrogen-bond acceptors (Lipinski definition) is 6. The minimum absolute atomic E-state index is 0.395. The molecule has 0 amide bonds. The molecule has 0 bridgehead atoms. The van der Waals surface area contributed by atoms with Crippen LogP contribution < -0.4 is 5.73 Å². The first-order chi connectivity index (χ1) is 8.04. The standard InChI is InChI=1S/C11H12N2O2S2/c1-5-8(12)10(11(14)15-3)17-9(5)7-4-16-6(2)13-7/h4H,12H2,1-3H3. The number of esters is 1. The molecule has 0 spiro atoms. The van der Waals surface area contributed by atoms with Gasteiger partial charge in [0.15, 0.2) is 0 Å². The predicted molar refractivity (Wildman–Crippen MR) is 70.7 cm³/mol. The van der Waals surface area contributed by atoms with Crippen molar-refractivity contribution in [1.82, 2.24) is 4.98 Å². The fourth-order valence-electron chi connectivity index (χ4n) is 1.48. The number of aromatic nitrogens is 1. The van der Waals surface area contributed by atoms with E-state index in [1.165, 1.54) is 18.4 Å². The first kappa shape index (κ1) is 12.1. The van der Waals surface area contributed by atoms with Gasteiger partial charge >= 0.3 is 5.97 Å². The van der Waals surface area contributed by atoms with Gasteiger partial charge in [-0.2, -0.15) is 0 Å². The highest BCUT2D eigenvalue weighted by molar-refractivity contribution is 7.18. The molecule has 17 heavy (non-hydrogen) atoms. The quantitative estimate of drug-likeness (QED) is 0.851. The lowest BCUT2D eigenvalue weighted by Gasteiger charge is -1.96. The molecule has 2 aromatic rings. The number of thiophene rings is 1. The molecule has 0 aromatic carbocycles. The molecule has 2 N–H and O–H groups in total. The van der Waals surface area contributed by atoms with Crippen LogP contribution in [0, 0.1) is 13.8 Å². The van der Waals surface area contributed by atoms with Crippen LogP contribution in [0.15, 0.2) is 5.38 Å². The number of thiazole rings is 1. The van der Waals surface area contributed by atoms with Crippen molar-refractivity contribution in [2.75, 3.05) is 12.8 Å². The van der Waals surface area contributed by atoms with Crippen LogP contribution in [0.4, 0.5) is 5.69 Å². The Morgan fingerprint density at radius 2 is 2.18 bits per heavy atom. The second kappa shape index (κ2) is 4.46. The molecule has 0 saturated heterocycles. The zero-order chi connectivity index (χ0) is 12.6. The highest BCUT2D eigenvalue weighted by Gasteiger charge is 2.20. The van der Waals surface area contributed by atoms with Gasteiger partial charge in [-0.05, 0) is 19.4 Å². The molecule has 0 unspecified atom stereocenters. The summed E-state index contributed by atoms with van der Waals surface area (Å²) in [5, 5.41) is 2.96. The van der Waals surface area contributed by atoms with Crippen molar-refractivity contribution in [2.45, 2.75) is 13.8 Å². The fourth-order valence-corrected chi connectivity index (χ4v) is 3.27. The molecule has 2 rings (SSSR count). The maximum atomic E-state index is 11.5. The highest BCUT2D eigenvalue weighted by atomic mass is 32.1. The third-order valence-corrected chi connectivity index (χ3v) is 4.50. The van der Waals surface area contributed by atoms with Crippen LogP contribution in [0.3, 0.4) is 0 Å². The maximum Gasteiger partial charge on any atom is 0.350 e. The number of nitrogens with two attached hydrogens (primary N) is 1. The molecular formula is C11H12N2O2S2. The van der Waals surface area contributed by atoms with E-state index in [0.717, 1.165) is 21.1 Å². The van der Waals surface area contributed by atoms with E-state index in [4.69, 9.17) is 10.5 Å². The molecule has 0 aliphatic heterocycles. The molecule has 0 aliphatic rings. The van der Waals surface area contributed by atoms with Gasteiger partial charge in [0.2, 0.25) is 0 Å². The average Bonchev–Trinajstić information content (AvgIpc) is 2.85. The van der Waals surface area contributed by atoms with Crippen LogP contribution >= 0.6 is 22.7 Å². The number of aryl methyl sites for hydroxylation is 1. The van der Waals surface area contributed by atoms with Crippen LogP contribution in [0.2, 0.25) is 0 Å². The predicted octanol–water partition coefficient (Wildman–Crippen LogP) is 2.86. The van der Waals surface area contributed by atoms with Crippen LogP contribution in [-0.2, 0) is 4.74 Å².